The topological polar surface area (TPSA) is 59.2 Å². The number of aryl methyl sites for hydroxylation is 1. The van der Waals surface area contributed by atoms with Crippen LogP contribution < -0.4 is 0 Å². The van der Waals surface area contributed by atoms with Crippen LogP contribution in [0.25, 0.3) is 11.5 Å². The zero-order chi connectivity index (χ0) is 14.8. The Morgan fingerprint density at radius 2 is 1.86 bits per heavy atom. The molecule has 1 aromatic heterocycles. The molecule has 1 aromatic carbocycles. The van der Waals surface area contributed by atoms with E-state index in [1.54, 1.807) is 6.92 Å². The van der Waals surface area contributed by atoms with Gasteiger partial charge in [-0.25, -0.2) is 0 Å². The summed E-state index contributed by atoms with van der Waals surface area (Å²) in [7, 11) is 0. The average Bonchev–Trinajstić information content (AvgIpc) is 2.98. The fourth-order valence-electron chi connectivity index (χ4n) is 2.65. The molecule has 0 radical (unpaired) electrons. The molecular formula is C16H19N3O2. The van der Waals surface area contributed by atoms with Gasteiger partial charge in [-0.3, -0.25) is 4.79 Å². The maximum absolute atomic E-state index is 11.3. The minimum atomic E-state index is 0.138. The number of benzene rings is 1. The van der Waals surface area contributed by atoms with Crippen molar-refractivity contribution in [3.05, 3.63) is 35.7 Å². The Balaban J connectivity index is 1.71. The van der Waals surface area contributed by atoms with Crippen LogP contribution in [-0.4, -0.2) is 34.1 Å². The molecule has 5 nitrogen and oxygen atoms in total. The molecule has 1 fully saturated rings. The van der Waals surface area contributed by atoms with Gasteiger partial charge in [0.25, 0.3) is 0 Å². The van der Waals surface area contributed by atoms with E-state index in [-0.39, 0.29) is 11.8 Å². The minimum Gasteiger partial charge on any atom is -0.420 e. The summed E-state index contributed by atoms with van der Waals surface area (Å²) in [5.74, 6) is 1.65. The SMILES string of the molecule is CC(=O)N1CCC(c2nnc(-c3ccc(C)cc3)o2)CC1. The fraction of sp³-hybridized carbons (Fsp3) is 0.438. The highest BCUT2D eigenvalue weighted by Crippen LogP contribution is 2.29. The quantitative estimate of drug-likeness (QED) is 0.851. The molecule has 5 heteroatoms. The Bertz CT molecular complexity index is 625. The molecule has 0 spiro atoms. The summed E-state index contributed by atoms with van der Waals surface area (Å²) in [4.78, 5) is 13.2. The van der Waals surface area contributed by atoms with E-state index in [1.807, 2.05) is 36.1 Å². The van der Waals surface area contributed by atoms with E-state index in [2.05, 4.69) is 10.2 Å². The monoisotopic (exact) mass is 285 g/mol. The third-order valence-corrected chi connectivity index (χ3v) is 4.03. The molecule has 1 saturated heterocycles. The van der Waals surface area contributed by atoms with Crippen molar-refractivity contribution in [1.29, 1.82) is 0 Å². The number of likely N-dealkylation sites (tertiary alicyclic amines) is 1. The molecule has 1 aliphatic heterocycles. The zero-order valence-corrected chi connectivity index (χ0v) is 12.4. The van der Waals surface area contributed by atoms with Crippen LogP contribution >= 0.6 is 0 Å². The summed E-state index contributed by atoms with van der Waals surface area (Å²) in [5, 5.41) is 8.34. The molecule has 21 heavy (non-hydrogen) atoms. The molecule has 0 N–H and O–H groups in total. The van der Waals surface area contributed by atoms with Gasteiger partial charge in [-0.2, -0.15) is 0 Å². The lowest BCUT2D eigenvalue weighted by Gasteiger charge is -2.29. The van der Waals surface area contributed by atoms with Gasteiger partial charge in [0.2, 0.25) is 17.7 Å². The van der Waals surface area contributed by atoms with Crippen molar-refractivity contribution in [2.24, 2.45) is 0 Å². The van der Waals surface area contributed by atoms with Gasteiger partial charge in [0.1, 0.15) is 0 Å². The van der Waals surface area contributed by atoms with Crippen molar-refractivity contribution in [2.45, 2.75) is 32.6 Å². The smallest absolute Gasteiger partial charge is 0.247 e. The molecule has 3 rings (SSSR count). The largest absolute Gasteiger partial charge is 0.420 e. The Hall–Kier alpha value is -2.17. The first-order valence-corrected chi connectivity index (χ1v) is 7.29. The second-order valence-electron chi connectivity index (χ2n) is 5.59. The lowest BCUT2D eigenvalue weighted by Crippen LogP contribution is -2.36. The van der Waals surface area contributed by atoms with Crippen LogP contribution in [0.2, 0.25) is 0 Å². The summed E-state index contributed by atoms with van der Waals surface area (Å²) in [6, 6.07) is 8.05. The number of piperidine rings is 1. The molecule has 2 aromatic rings. The first-order valence-electron chi connectivity index (χ1n) is 7.29. The number of nitrogens with zero attached hydrogens (tertiary/aromatic N) is 3. The fourth-order valence-corrected chi connectivity index (χ4v) is 2.65. The lowest BCUT2D eigenvalue weighted by molar-refractivity contribution is -0.129. The predicted octanol–water partition coefficient (Wildman–Crippen LogP) is 2.77. The van der Waals surface area contributed by atoms with Gasteiger partial charge >= 0.3 is 0 Å². The number of carbonyl (C=O) groups excluding carboxylic acids is 1. The molecule has 0 atom stereocenters. The van der Waals surface area contributed by atoms with Gasteiger partial charge < -0.3 is 9.32 Å². The van der Waals surface area contributed by atoms with E-state index in [0.29, 0.717) is 11.8 Å². The molecule has 0 bridgehead atoms. The van der Waals surface area contributed by atoms with Gasteiger partial charge in [-0.15, -0.1) is 10.2 Å². The number of hydrogen-bond donors (Lipinski definition) is 0. The molecule has 1 aliphatic rings. The van der Waals surface area contributed by atoms with Crippen molar-refractivity contribution in [2.75, 3.05) is 13.1 Å². The van der Waals surface area contributed by atoms with Crippen molar-refractivity contribution in [1.82, 2.24) is 15.1 Å². The Labute approximate surface area is 124 Å². The van der Waals surface area contributed by atoms with Gasteiger partial charge in [0.15, 0.2) is 0 Å². The number of amides is 1. The highest BCUT2D eigenvalue weighted by atomic mass is 16.4. The molecule has 0 unspecified atom stereocenters. The summed E-state index contributed by atoms with van der Waals surface area (Å²) in [6.45, 7) is 5.19. The number of aromatic nitrogens is 2. The van der Waals surface area contributed by atoms with Gasteiger partial charge in [-0.1, -0.05) is 17.7 Å². The predicted molar refractivity (Wildman–Crippen MR) is 78.7 cm³/mol. The van der Waals surface area contributed by atoms with Crippen molar-refractivity contribution in [3.8, 4) is 11.5 Å². The molecular weight excluding hydrogens is 266 g/mol. The molecule has 0 saturated carbocycles. The van der Waals surface area contributed by atoms with E-state index in [9.17, 15) is 4.79 Å². The Morgan fingerprint density at radius 3 is 2.48 bits per heavy atom. The summed E-state index contributed by atoms with van der Waals surface area (Å²) in [5.41, 5.74) is 2.15. The van der Waals surface area contributed by atoms with Crippen LogP contribution in [0.15, 0.2) is 28.7 Å². The number of rotatable bonds is 2. The van der Waals surface area contributed by atoms with Crippen LogP contribution in [0.5, 0.6) is 0 Å². The maximum Gasteiger partial charge on any atom is 0.247 e. The van der Waals surface area contributed by atoms with Gasteiger partial charge in [0, 0.05) is 31.5 Å². The van der Waals surface area contributed by atoms with Crippen molar-refractivity contribution in [3.63, 3.8) is 0 Å². The van der Waals surface area contributed by atoms with E-state index in [0.717, 1.165) is 31.5 Å². The van der Waals surface area contributed by atoms with E-state index >= 15 is 0 Å². The summed E-state index contributed by atoms with van der Waals surface area (Å²) < 4.78 is 5.82. The zero-order valence-electron chi connectivity index (χ0n) is 12.4. The van der Waals surface area contributed by atoms with Crippen LogP contribution in [0.3, 0.4) is 0 Å². The Kier molecular flexibility index (Phi) is 3.73. The first kappa shape index (κ1) is 13.8. The second-order valence-corrected chi connectivity index (χ2v) is 5.59. The summed E-state index contributed by atoms with van der Waals surface area (Å²) in [6.07, 6.45) is 1.77. The van der Waals surface area contributed by atoms with Crippen LogP contribution in [0.1, 0.15) is 37.1 Å². The maximum atomic E-state index is 11.3. The van der Waals surface area contributed by atoms with Crippen LogP contribution in [-0.2, 0) is 4.79 Å². The number of hydrogen-bond acceptors (Lipinski definition) is 4. The summed E-state index contributed by atoms with van der Waals surface area (Å²) >= 11 is 0. The average molecular weight is 285 g/mol. The molecule has 0 aliphatic carbocycles. The standard InChI is InChI=1S/C16H19N3O2/c1-11-3-5-13(6-4-11)15-17-18-16(21-15)14-7-9-19(10-8-14)12(2)20/h3-6,14H,7-10H2,1-2H3. The van der Waals surface area contributed by atoms with Gasteiger partial charge in [-0.05, 0) is 31.9 Å². The number of carbonyl (C=O) groups is 1. The molecule has 110 valence electrons. The third kappa shape index (κ3) is 2.96. The minimum absolute atomic E-state index is 0.138. The Morgan fingerprint density at radius 1 is 1.19 bits per heavy atom. The third-order valence-electron chi connectivity index (χ3n) is 4.03. The van der Waals surface area contributed by atoms with Crippen molar-refractivity contribution >= 4 is 5.91 Å². The highest BCUT2D eigenvalue weighted by Gasteiger charge is 2.26. The van der Waals surface area contributed by atoms with E-state index in [4.69, 9.17) is 4.42 Å². The molecule has 2 heterocycles. The van der Waals surface area contributed by atoms with Crippen LogP contribution in [0, 0.1) is 6.92 Å². The van der Waals surface area contributed by atoms with Crippen molar-refractivity contribution < 1.29 is 9.21 Å². The van der Waals surface area contributed by atoms with Gasteiger partial charge in [0.05, 0.1) is 0 Å². The molecule has 1 amide bonds. The van der Waals surface area contributed by atoms with E-state index < -0.39 is 0 Å². The lowest BCUT2D eigenvalue weighted by atomic mass is 9.97. The van der Waals surface area contributed by atoms with E-state index in [1.165, 1.54) is 5.56 Å². The first-order chi connectivity index (χ1) is 10.1. The van der Waals surface area contributed by atoms with Crippen LogP contribution in [0.4, 0.5) is 0 Å². The second kappa shape index (κ2) is 5.68. The highest BCUT2D eigenvalue weighted by molar-refractivity contribution is 5.73. The normalized spacial score (nSPS) is 16.2.